The van der Waals surface area contributed by atoms with Crippen molar-refractivity contribution in [2.24, 2.45) is 13.0 Å². The molecule has 1 aromatic carbocycles. The van der Waals surface area contributed by atoms with Crippen LogP contribution >= 0.6 is 46.3 Å². The fraction of sp³-hybridized carbons (Fsp3) is 0.350. The van der Waals surface area contributed by atoms with E-state index in [0.717, 1.165) is 5.69 Å². The number of benzene rings is 1. The van der Waals surface area contributed by atoms with E-state index in [2.05, 4.69) is 25.8 Å². The summed E-state index contributed by atoms with van der Waals surface area (Å²) < 4.78 is 1.78. The number of nitrogens with zero attached hydrogens (tertiary/aromatic N) is 4. The molecule has 0 unspecified atom stereocenters. The van der Waals surface area contributed by atoms with Crippen molar-refractivity contribution in [3.8, 4) is 0 Å². The topological polar surface area (TPSA) is 102 Å². The number of halogens is 2. The molecule has 1 atom stereocenters. The van der Waals surface area contributed by atoms with Crippen LogP contribution in [0.2, 0.25) is 10.0 Å². The first-order valence-electron chi connectivity index (χ1n) is 9.65. The lowest BCUT2D eigenvalue weighted by Crippen LogP contribution is -2.33. The van der Waals surface area contributed by atoms with Crippen molar-refractivity contribution < 1.29 is 9.59 Å². The molecule has 12 heteroatoms. The van der Waals surface area contributed by atoms with Crippen LogP contribution in [0.5, 0.6) is 0 Å². The Morgan fingerprint density at radius 3 is 2.62 bits per heavy atom. The van der Waals surface area contributed by atoms with E-state index < -0.39 is 6.04 Å². The van der Waals surface area contributed by atoms with Crippen molar-refractivity contribution in [3.63, 3.8) is 0 Å². The Balaban J connectivity index is 1.68. The minimum Gasteiger partial charge on any atom is -0.342 e. The van der Waals surface area contributed by atoms with Crippen LogP contribution in [0.1, 0.15) is 41.8 Å². The summed E-state index contributed by atoms with van der Waals surface area (Å²) in [5, 5.41) is 17.9. The van der Waals surface area contributed by atoms with Crippen LogP contribution in [-0.4, -0.2) is 37.3 Å². The highest BCUT2D eigenvalue weighted by Gasteiger charge is 2.26. The van der Waals surface area contributed by atoms with E-state index >= 15 is 0 Å². The lowest BCUT2D eigenvalue weighted by atomic mass is 10.0. The molecule has 0 spiro atoms. The molecular weight excluding hydrogens is 491 g/mol. The lowest BCUT2D eigenvalue weighted by Gasteiger charge is -2.22. The summed E-state index contributed by atoms with van der Waals surface area (Å²) in [5.74, 6) is 0.253. The number of carbonyl (C=O) groups excluding carboxylic acids is 2. The van der Waals surface area contributed by atoms with Crippen LogP contribution in [0.4, 0.5) is 5.13 Å². The van der Waals surface area contributed by atoms with Gasteiger partial charge in [-0.1, -0.05) is 48.8 Å². The quantitative estimate of drug-likeness (QED) is 0.422. The van der Waals surface area contributed by atoms with Gasteiger partial charge in [0.15, 0.2) is 16.1 Å². The average Bonchev–Trinajstić information content (AvgIpc) is 3.29. The number of thiazole rings is 1. The van der Waals surface area contributed by atoms with E-state index in [9.17, 15) is 9.59 Å². The van der Waals surface area contributed by atoms with Crippen molar-refractivity contribution in [2.45, 2.75) is 32.0 Å². The van der Waals surface area contributed by atoms with Crippen LogP contribution in [0.25, 0.3) is 0 Å². The second-order valence-corrected chi connectivity index (χ2v) is 9.99. The highest BCUT2D eigenvalue weighted by molar-refractivity contribution is 7.99. The number of amides is 2. The highest BCUT2D eigenvalue weighted by atomic mass is 35.5. The minimum atomic E-state index is -0.409. The molecule has 32 heavy (non-hydrogen) atoms. The summed E-state index contributed by atoms with van der Waals surface area (Å²) >= 11 is 14.7. The van der Waals surface area contributed by atoms with Gasteiger partial charge in [-0.2, -0.15) is 0 Å². The third kappa shape index (κ3) is 6.00. The number of anilines is 1. The molecule has 0 radical (unpaired) electrons. The molecule has 0 aliphatic rings. The number of thioether (sulfide) groups is 1. The summed E-state index contributed by atoms with van der Waals surface area (Å²) in [5.41, 5.74) is 1.19. The maximum absolute atomic E-state index is 12.8. The number of aromatic nitrogens is 4. The number of hydrogen-bond donors (Lipinski definition) is 2. The smallest absolute Gasteiger partial charge is 0.253 e. The second kappa shape index (κ2) is 10.7. The zero-order valence-electron chi connectivity index (χ0n) is 17.8. The molecule has 3 rings (SSSR count). The van der Waals surface area contributed by atoms with Gasteiger partial charge in [0.05, 0.1) is 28.1 Å². The molecule has 3 aromatic rings. The first-order chi connectivity index (χ1) is 15.2. The average molecular weight is 513 g/mol. The van der Waals surface area contributed by atoms with Gasteiger partial charge < -0.3 is 15.2 Å². The molecule has 8 nitrogen and oxygen atoms in total. The van der Waals surface area contributed by atoms with Gasteiger partial charge in [-0.05, 0) is 31.0 Å². The number of aryl methyl sites for hydroxylation is 1. The van der Waals surface area contributed by atoms with E-state index in [1.807, 2.05) is 26.2 Å². The number of rotatable bonds is 8. The third-order valence-corrected chi connectivity index (χ3v) is 6.92. The maximum Gasteiger partial charge on any atom is 0.253 e. The van der Waals surface area contributed by atoms with Gasteiger partial charge in [-0.25, -0.2) is 4.98 Å². The highest BCUT2D eigenvalue weighted by Crippen LogP contribution is 2.26. The van der Waals surface area contributed by atoms with Crippen LogP contribution in [0.3, 0.4) is 0 Å². The lowest BCUT2D eigenvalue weighted by molar-refractivity contribution is -0.113. The van der Waals surface area contributed by atoms with Crippen LogP contribution in [0.15, 0.2) is 28.7 Å². The first kappa shape index (κ1) is 24.5. The summed E-state index contributed by atoms with van der Waals surface area (Å²) in [6, 6.07) is 4.31. The number of carbonyl (C=O) groups is 2. The van der Waals surface area contributed by atoms with Gasteiger partial charge >= 0.3 is 0 Å². The largest absolute Gasteiger partial charge is 0.342 e. The Kier molecular flexibility index (Phi) is 8.16. The molecule has 0 aliphatic carbocycles. The molecule has 0 saturated carbocycles. The van der Waals surface area contributed by atoms with Gasteiger partial charge in [0.1, 0.15) is 0 Å². The summed E-state index contributed by atoms with van der Waals surface area (Å²) in [6.07, 6.45) is 0. The van der Waals surface area contributed by atoms with E-state index in [0.29, 0.717) is 26.7 Å². The molecule has 2 amide bonds. The molecular formula is C20H22Cl2N6O2S2. The normalized spacial score (nSPS) is 12.1. The third-order valence-electron chi connectivity index (χ3n) is 4.47. The van der Waals surface area contributed by atoms with Crippen molar-refractivity contribution in [2.75, 3.05) is 11.1 Å². The monoisotopic (exact) mass is 512 g/mol. The fourth-order valence-corrected chi connectivity index (χ4v) is 4.76. The summed E-state index contributed by atoms with van der Waals surface area (Å²) in [7, 11) is 1.80. The van der Waals surface area contributed by atoms with Crippen molar-refractivity contribution >= 4 is 63.2 Å². The maximum atomic E-state index is 12.8. The van der Waals surface area contributed by atoms with Crippen LogP contribution < -0.4 is 10.6 Å². The van der Waals surface area contributed by atoms with E-state index in [1.165, 1.54) is 29.2 Å². The first-order valence-corrected chi connectivity index (χ1v) is 12.3. The van der Waals surface area contributed by atoms with E-state index in [-0.39, 0.29) is 28.5 Å². The SMILES string of the molecule is Cc1csc(NC(=O)CSc2nnc([C@@H](NC(=O)c3ccc(Cl)cc3Cl)C(C)C)n2C)n1. The molecule has 2 heterocycles. The van der Waals surface area contributed by atoms with Gasteiger partial charge in [0.25, 0.3) is 5.91 Å². The summed E-state index contributed by atoms with van der Waals surface area (Å²) in [4.78, 5) is 29.2. The molecule has 0 aliphatic heterocycles. The minimum absolute atomic E-state index is 0.0298. The Morgan fingerprint density at radius 2 is 2.00 bits per heavy atom. The zero-order valence-corrected chi connectivity index (χ0v) is 21.0. The molecule has 0 fully saturated rings. The van der Waals surface area contributed by atoms with Crippen molar-refractivity contribution in [1.82, 2.24) is 25.1 Å². The molecule has 170 valence electrons. The van der Waals surface area contributed by atoms with Crippen molar-refractivity contribution in [1.29, 1.82) is 0 Å². The Bertz CT molecular complexity index is 1130. The van der Waals surface area contributed by atoms with E-state index in [4.69, 9.17) is 23.2 Å². The van der Waals surface area contributed by atoms with Gasteiger partial charge in [-0.15, -0.1) is 21.5 Å². The molecule has 2 N–H and O–H groups in total. The number of hydrogen-bond acceptors (Lipinski definition) is 7. The zero-order chi connectivity index (χ0) is 23.4. The Morgan fingerprint density at radius 1 is 1.25 bits per heavy atom. The molecule has 0 bridgehead atoms. The van der Waals surface area contributed by atoms with Crippen molar-refractivity contribution in [3.05, 3.63) is 50.7 Å². The van der Waals surface area contributed by atoms with E-state index in [1.54, 1.807) is 23.7 Å². The van der Waals surface area contributed by atoms with Crippen LogP contribution in [0, 0.1) is 12.8 Å². The fourth-order valence-electron chi connectivity index (χ4n) is 2.84. The second-order valence-electron chi connectivity index (χ2n) is 7.35. The summed E-state index contributed by atoms with van der Waals surface area (Å²) in [6.45, 7) is 5.81. The standard InChI is InChI=1S/C20H22Cl2N6O2S2/c1-10(2)16(25-18(30)13-6-5-12(21)7-14(13)22)17-26-27-20(28(17)4)32-9-15(29)24-19-23-11(3)8-31-19/h5-8,10,16H,9H2,1-4H3,(H,25,30)(H,23,24,29)/t16-/m0/s1. The van der Waals surface area contributed by atoms with Crippen LogP contribution in [-0.2, 0) is 11.8 Å². The number of nitrogens with one attached hydrogen (secondary N) is 2. The Hall–Kier alpha value is -2.14. The molecule has 2 aromatic heterocycles. The predicted octanol–water partition coefficient (Wildman–Crippen LogP) is 4.74. The van der Waals surface area contributed by atoms with Gasteiger partial charge in [0, 0.05) is 17.5 Å². The van der Waals surface area contributed by atoms with Gasteiger partial charge in [0.2, 0.25) is 5.91 Å². The predicted molar refractivity (Wildman–Crippen MR) is 129 cm³/mol. The molecule has 0 saturated heterocycles. The van der Waals surface area contributed by atoms with Gasteiger partial charge in [-0.3, -0.25) is 9.59 Å². The Labute approximate surface area is 204 Å².